The van der Waals surface area contributed by atoms with E-state index in [1.807, 2.05) is 38.6 Å². The van der Waals surface area contributed by atoms with E-state index < -0.39 is 5.60 Å². The predicted molar refractivity (Wildman–Crippen MR) is 106 cm³/mol. The largest absolute Gasteiger partial charge is 0.444 e. The Kier molecular flexibility index (Phi) is 5.41. The molecule has 2 aromatic heterocycles. The Labute approximate surface area is 167 Å². The number of aryl methyl sites for hydroxylation is 1. The number of ether oxygens (including phenoxy) is 1. The summed E-state index contributed by atoms with van der Waals surface area (Å²) < 4.78 is 7.96. The van der Waals surface area contributed by atoms with Gasteiger partial charge in [0.15, 0.2) is 5.82 Å². The minimum absolute atomic E-state index is 0.237. The summed E-state index contributed by atoms with van der Waals surface area (Å²) in [5.74, 6) is 0.360. The van der Waals surface area contributed by atoms with Crippen LogP contribution in [0.2, 0.25) is 0 Å². The van der Waals surface area contributed by atoms with Gasteiger partial charge in [0, 0.05) is 24.8 Å². The monoisotopic (exact) mass is 436 g/mol. The zero-order chi connectivity index (χ0) is 19.8. The summed E-state index contributed by atoms with van der Waals surface area (Å²) in [5, 5.41) is 4.66. The number of hydrogen-bond acceptors (Lipinski definition) is 6. The van der Waals surface area contributed by atoms with E-state index in [1.165, 1.54) is 0 Å². The summed E-state index contributed by atoms with van der Waals surface area (Å²) in [6.07, 6.45) is 5.06. The average Bonchev–Trinajstić information content (AvgIpc) is 2.98. The third-order valence-electron chi connectivity index (χ3n) is 4.44. The van der Waals surface area contributed by atoms with Crippen molar-refractivity contribution in [3.05, 3.63) is 22.7 Å². The maximum Gasteiger partial charge on any atom is 0.410 e. The SMILES string of the molecule is Cc1nn(C2CCN(C(=O)OC(C)(C)C)CC2)cc1-c1cnc(N)c(Br)n1. The summed E-state index contributed by atoms with van der Waals surface area (Å²) in [4.78, 5) is 22.6. The summed E-state index contributed by atoms with van der Waals surface area (Å²) in [5.41, 5.74) is 7.78. The standard InChI is InChI=1S/C18H25BrN6O2/c1-11-13(14-9-21-16(20)15(19)22-14)10-25(23-11)12-5-7-24(8-6-12)17(26)27-18(2,3)4/h9-10,12H,5-8H2,1-4H3,(H2,20,21). The minimum Gasteiger partial charge on any atom is -0.444 e. The molecule has 0 bridgehead atoms. The van der Waals surface area contributed by atoms with Crippen LogP contribution in [0.15, 0.2) is 17.0 Å². The van der Waals surface area contributed by atoms with E-state index in [0.29, 0.717) is 23.5 Å². The summed E-state index contributed by atoms with van der Waals surface area (Å²) >= 11 is 3.32. The lowest BCUT2D eigenvalue weighted by Gasteiger charge is -2.33. The molecule has 3 rings (SSSR count). The van der Waals surface area contributed by atoms with Crippen molar-refractivity contribution in [2.45, 2.75) is 52.2 Å². The van der Waals surface area contributed by atoms with Gasteiger partial charge in [0.25, 0.3) is 0 Å². The summed E-state index contributed by atoms with van der Waals surface area (Å²) in [6, 6.07) is 0.237. The lowest BCUT2D eigenvalue weighted by atomic mass is 10.1. The Morgan fingerprint density at radius 3 is 2.59 bits per heavy atom. The van der Waals surface area contributed by atoms with Crippen LogP contribution in [0.3, 0.4) is 0 Å². The van der Waals surface area contributed by atoms with E-state index in [4.69, 9.17) is 10.5 Å². The zero-order valence-corrected chi connectivity index (χ0v) is 17.7. The Hall–Kier alpha value is -2.16. The van der Waals surface area contributed by atoms with Gasteiger partial charge in [0.1, 0.15) is 10.2 Å². The van der Waals surface area contributed by atoms with Crippen molar-refractivity contribution in [3.63, 3.8) is 0 Å². The normalized spacial score (nSPS) is 15.8. The first kappa shape index (κ1) is 19.6. The second-order valence-electron chi connectivity index (χ2n) is 7.74. The molecule has 9 heteroatoms. The molecule has 1 amide bonds. The molecule has 3 heterocycles. The molecule has 0 aromatic carbocycles. The smallest absolute Gasteiger partial charge is 0.410 e. The van der Waals surface area contributed by atoms with Gasteiger partial charge in [-0.15, -0.1) is 0 Å². The number of hydrogen-bond donors (Lipinski definition) is 1. The molecule has 1 aliphatic heterocycles. The van der Waals surface area contributed by atoms with Gasteiger partial charge in [0.2, 0.25) is 0 Å². The van der Waals surface area contributed by atoms with Gasteiger partial charge in [-0.1, -0.05) is 0 Å². The molecular formula is C18H25BrN6O2. The molecule has 0 radical (unpaired) electrons. The van der Waals surface area contributed by atoms with Crippen LogP contribution in [-0.2, 0) is 4.74 Å². The van der Waals surface area contributed by atoms with Crippen molar-refractivity contribution in [1.29, 1.82) is 0 Å². The number of nitrogen functional groups attached to an aromatic ring is 1. The minimum atomic E-state index is -0.476. The van der Waals surface area contributed by atoms with Crippen molar-refractivity contribution >= 4 is 27.8 Å². The first-order valence-corrected chi connectivity index (χ1v) is 9.75. The number of halogens is 1. The maximum atomic E-state index is 12.2. The van der Waals surface area contributed by atoms with Gasteiger partial charge in [-0.05, 0) is 56.5 Å². The highest BCUT2D eigenvalue weighted by atomic mass is 79.9. The molecule has 146 valence electrons. The number of nitrogens with zero attached hydrogens (tertiary/aromatic N) is 5. The lowest BCUT2D eigenvalue weighted by Crippen LogP contribution is -2.42. The first-order chi connectivity index (χ1) is 12.6. The van der Waals surface area contributed by atoms with Crippen molar-refractivity contribution in [3.8, 4) is 11.3 Å². The Morgan fingerprint density at radius 2 is 2.00 bits per heavy atom. The van der Waals surface area contributed by atoms with E-state index in [2.05, 4.69) is 31.0 Å². The van der Waals surface area contributed by atoms with Crippen LogP contribution in [0.25, 0.3) is 11.3 Å². The van der Waals surface area contributed by atoms with Crippen LogP contribution in [0, 0.1) is 6.92 Å². The molecule has 0 aliphatic carbocycles. The molecule has 0 atom stereocenters. The number of nitrogens with two attached hydrogens (primary N) is 1. The number of anilines is 1. The second-order valence-corrected chi connectivity index (χ2v) is 8.49. The number of aromatic nitrogens is 4. The first-order valence-electron chi connectivity index (χ1n) is 8.96. The summed E-state index contributed by atoms with van der Waals surface area (Å²) in [6.45, 7) is 8.90. The molecule has 1 fully saturated rings. The number of carbonyl (C=O) groups is 1. The fourth-order valence-corrected chi connectivity index (χ4v) is 3.36. The quantitative estimate of drug-likeness (QED) is 0.771. The number of piperidine rings is 1. The van der Waals surface area contributed by atoms with Crippen LogP contribution >= 0.6 is 15.9 Å². The molecule has 27 heavy (non-hydrogen) atoms. The molecule has 0 spiro atoms. The fraction of sp³-hybridized carbons (Fsp3) is 0.556. The molecule has 0 saturated carbocycles. The molecular weight excluding hydrogens is 412 g/mol. The Morgan fingerprint density at radius 1 is 1.33 bits per heavy atom. The second kappa shape index (κ2) is 7.46. The molecule has 1 aliphatic rings. The highest BCUT2D eigenvalue weighted by molar-refractivity contribution is 9.10. The van der Waals surface area contributed by atoms with Crippen LogP contribution in [-0.4, -0.2) is 49.4 Å². The maximum absolute atomic E-state index is 12.2. The van der Waals surface area contributed by atoms with Crippen LogP contribution in [0.1, 0.15) is 45.3 Å². The van der Waals surface area contributed by atoms with Crippen molar-refractivity contribution in [2.75, 3.05) is 18.8 Å². The molecule has 1 saturated heterocycles. The van der Waals surface area contributed by atoms with Gasteiger partial charge in [-0.3, -0.25) is 4.68 Å². The average molecular weight is 437 g/mol. The Balaban J connectivity index is 1.69. The number of likely N-dealkylation sites (tertiary alicyclic amines) is 1. The van der Waals surface area contributed by atoms with E-state index >= 15 is 0 Å². The van der Waals surface area contributed by atoms with Crippen LogP contribution in [0.5, 0.6) is 0 Å². The van der Waals surface area contributed by atoms with Crippen LogP contribution < -0.4 is 5.73 Å². The fourth-order valence-electron chi connectivity index (χ4n) is 3.07. The third kappa shape index (κ3) is 4.58. The van der Waals surface area contributed by atoms with Crippen molar-refractivity contribution in [1.82, 2.24) is 24.6 Å². The lowest BCUT2D eigenvalue weighted by molar-refractivity contribution is 0.0184. The highest BCUT2D eigenvalue weighted by Crippen LogP contribution is 2.28. The topological polar surface area (TPSA) is 99.2 Å². The molecule has 2 N–H and O–H groups in total. The highest BCUT2D eigenvalue weighted by Gasteiger charge is 2.28. The molecule has 0 unspecified atom stereocenters. The molecule has 8 nitrogen and oxygen atoms in total. The predicted octanol–water partition coefficient (Wildman–Crippen LogP) is 3.57. The van der Waals surface area contributed by atoms with E-state index in [9.17, 15) is 4.79 Å². The number of carbonyl (C=O) groups excluding carboxylic acids is 1. The molecule has 2 aromatic rings. The van der Waals surface area contributed by atoms with Crippen molar-refractivity contribution < 1.29 is 9.53 Å². The van der Waals surface area contributed by atoms with Crippen LogP contribution in [0.4, 0.5) is 10.6 Å². The van der Waals surface area contributed by atoms with Gasteiger partial charge in [0.05, 0.1) is 23.6 Å². The Bertz CT molecular complexity index is 837. The van der Waals surface area contributed by atoms with E-state index in [-0.39, 0.29) is 12.1 Å². The zero-order valence-electron chi connectivity index (χ0n) is 16.1. The van der Waals surface area contributed by atoms with Gasteiger partial charge < -0.3 is 15.4 Å². The van der Waals surface area contributed by atoms with Gasteiger partial charge in [-0.25, -0.2) is 14.8 Å². The number of amides is 1. The van der Waals surface area contributed by atoms with E-state index in [1.54, 1.807) is 11.1 Å². The van der Waals surface area contributed by atoms with Gasteiger partial charge >= 0.3 is 6.09 Å². The van der Waals surface area contributed by atoms with Gasteiger partial charge in [-0.2, -0.15) is 5.10 Å². The van der Waals surface area contributed by atoms with Crippen molar-refractivity contribution in [2.24, 2.45) is 0 Å². The van der Waals surface area contributed by atoms with E-state index in [0.717, 1.165) is 29.8 Å². The third-order valence-corrected chi connectivity index (χ3v) is 5.02. The summed E-state index contributed by atoms with van der Waals surface area (Å²) in [7, 11) is 0. The number of rotatable bonds is 2.